The Hall–Kier alpha value is -1.63. The number of ether oxygens (including phenoxy) is 2. The van der Waals surface area contributed by atoms with E-state index in [1.165, 1.54) is 10.5 Å². The van der Waals surface area contributed by atoms with Crippen LogP contribution in [0.25, 0.3) is 0 Å². The van der Waals surface area contributed by atoms with Gasteiger partial charge in [-0.25, -0.2) is 4.79 Å². The highest BCUT2D eigenvalue weighted by Gasteiger charge is 2.56. The molecule has 2 bridgehead atoms. The highest BCUT2D eigenvalue weighted by Crippen LogP contribution is 2.41. The van der Waals surface area contributed by atoms with E-state index >= 15 is 0 Å². The predicted octanol–water partition coefficient (Wildman–Crippen LogP) is 1.61. The van der Waals surface area contributed by atoms with Gasteiger partial charge in [0.25, 0.3) is 0 Å². The normalized spacial score (nSPS) is 34.0. The number of fused-ring (bicyclic) bond motifs is 1. The number of hydrogen-bond acceptors (Lipinski definition) is 4. The Morgan fingerprint density at radius 1 is 1.26 bits per heavy atom. The fourth-order valence-corrected chi connectivity index (χ4v) is 4.35. The molecule has 0 saturated carbocycles. The minimum absolute atomic E-state index is 0.293. The summed E-state index contributed by atoms with van der Waals surface area (Å²) in [5.41, 5.74) is 0.749. The molecule has 3 aliphatic rings. The van der Waals surface area contributed by atoms with Gasteiger partial charge in [0.1, 0.15) is 5.60 Å². The van der Waals surface area contributed by atoms with Crippen LogP contribution in [-0.4, -0.2) is 65.7 Å². The number of carboxylic acid groups (broad SMARTS) is 1. The molecule has 3 aliphatic heterocycles. The summed E-state index contributed by atoms with van der Waals surface area (Å²) in [6, 6.07) is 10.4. The van der Waals surface area contributed by atoms with Crippen molar-refractivity contribution >= 4 is 6.09 Å². The van der Waals surface area contributed by atoms with Crippen LogP contribution in [0, 0.1) is 5.92 Å². The quantitative estimate of drug-likeness (QED) is 0.898. The maximum atomic E-state index is 11.6. The molecule has 1 spiro atoms. The zero-order chi connectivity index (χ0) is 15.9. The van der Waals surface area contributed by atoms with E-state index in [0.717, 1.165) is 19.5 Å². The van der Waals surface area contributed by atoms with Gasteiger partial charge in [-0.2, -0.15) is 0 Å². The van der Waals surface area contributed by atoms with Gasteiger partial charge in [0.15, 0.2) is 6.23 Å². The second kappa shape index (κ2) is 5.78. The summed E-state index contributed by atoms with van der Waals surface area (Å²) >= 11 is 0. The molecule has 4 rings (SSSR count). The smallest absolute Gasteiger partial charge is 0.409 e. The first-order valence-corrected chi connectivity index (χ1v) is 8.18. The highest BCUT2D eigenvalue weighted by atomic mass is 16.6. The van der Waals surface area contributed by atoms with Crippen molar-refractivity contribution in [3.05, 3.63) is 35.9 Å². The van der Waals surface area contributed by atoms with E-state index in [4.69, 9.17) is 9.47 Å². The summed E-state index contributed by atoms with van der Waals surface area (Å²) in [6.45, 7) is 4.00. The van der Waals surface area contributed by atoms with Crippen molar-refractivity contribution in [3.8, 4) is 0 Å². The van der Waals surface area contributed by atoms with Crippen LogP contribution < -0.4 is 0 Å². The number of rotatable bonds is 2. The molecular formula is C17H22N2O4. The summed E-state index contributed by atoms with van der Waals surface area (Å²) in [5, 5.41) is 9.51. The van der Waals surface area contributed by atoms with Gasteiger partial charge in [-0.1, -0.05) is 30.3 Å². The molecule has 1 N–H and O–H groups in total. The lowest BCUT2D eigenvalue weighted by Gasteiger charge is -2.57. The Labute approximate surface area is 135 Å². The van der Waals surface area contributed by atoms with Crippen LogP contribution in [0.4, 0.5) is 4.79 Å². The number of amides is 1. The number of carbonyl (C=O) groups is 1. The third-order valence-corrected chi connectivity index (χ3v) is 5.07. The number of hydrogen-bond donors (Lipinski definition) is 1. The van der Waals surface area contributed by atoms with Crippen molar-refractivity contribution < 1.29 is 19.4 Å². The van der Waals surface area contributed by atoms with Gasteiger partial charge in [0, 0.05) is 26.2 Å². The molecule has 3 atom stereocenters. The summed E-state index contributed by atoms with van der Waals surface area (Å²) in [5.74, 6) is 0.293. The first kappa shape index (κ1) is 14.9. The Bertz CT molecular complexity index is 581. The lowest BCUT2D eigenvalue weighted by atomic mass is 9.78. The number of piperidine rings is 2. The Balaban J connectivity index is 1.57. The first-order valence-electron chi connectivity index (χ1n) is 8.18. The van der Waals surface area contributed by atoms with E-state index in [9.17, 15) is 9.90 Å². The lowest BCUT2D eigenvalue weighted by molar-refractivity contribution is -0.284. The maximum Gasteiger partial charge on any atom is 0.409 e. The van der Waals surface area contributed by atoms with Crippen molar-refractivity contribution in [2.75, 3.05) is 32.8 Å². The number of likely N-dealkylation sites (tertiary alicyclic amines) is 2. The van der Waals surface area contributed by atoms with Gasteiger partial charge in [0.05, 0.1) is 13.2 Å². The molecule has 6 nitrogen and oxygen atoms in total. The zero-order valence-electron chi connectivity index (χ0n) is 13.1. The number of benzene rings is 1. The van der Waals surface area contributed by atoms with Crippen LogP contribution in [0.3, 0.4) is 0 Å². The molecule has 0 aliphatic carbocycles. The lowest BCUT2D eigenvalue weighted by Crippen LogP contribution is -2.72. The molecule has 3 fully saturated rings. The molecule has 1 amide bonds. The first-order chi connectivity index (χ1) is 11.2. The standard InChI is InChI=1S/C17H22N2O4/c20-16(21)19-11-14-8-17(15(19)22-6-7-23-17)12-18(10-14)9-13-4-2-1-3-5-13/h1-5,14-15H,6-12H2,(H,20,21). The zero-order valence-corrected chi connectivity index (χ0v) is 13.1. The predicted molar refractivity (Wildman–Crippen MR) is 83.0 cm³/mol. The van der Waals surface area contributed by atoms with E-state index in [2.05, 4.69) is 17.0 Å². The molecule has 3 saturated heterocycles. The van der Waals surface area contributed by atoms with Gasteiger partial charge < -0.3 is 14.6 Å². The molecular weight excluding hydrogens is 296 g/mol. The van der Waals surface area contributed by atoms with E-state index in [1.807, 2.05) is 18.2 Å². The average Bonchev–Trinajstić information content (AvgIpc) is 2.54. The van der Waals surface area contributed by atoms with E-state index < -0.39 is 17.9 Å². The van der Waals surface area contributed by atoms with Crippen molar-refractivity contribution in [2.24, 2.45) is 5.92 Å². The molecule has 3 heterocycles. The third kappa shape index (κ3) is 2.71. The number of nitrogens with zero attached hydrogens (tertiary/aromatic N) is 2. The van der Waals surface area contributed by atoms with Gasteiger partial charge in [0.2, 0.25) is 0 Å². The largest absolute Gasteiger partial charge is 0.465 e. The Kier molecular flexibility index (Phi) is 3.75. The third-order valence-electron chi connectivity index (χ3n) is 5.07. The summed E-state index contributed by atoms with van der Waals surface area (Å²) < 4.78 is 11.9. The van der Waals surface area contributed by atoms with Crippen molar-refractivity contribution in [1.82, 2.24) is 9.80 Å². The summed E-state index contributed by atoms with van der Waals surface area (Å²) in [7, 11) is 0. The van der Waals surface area contributed by atoms with E-state index in [-0.39, 0.29) is 0 Å². The molecule has 1 aromatic rings. The average molecular weight is 318 g/mol. The van der Waals surface area contributed by atoms with Crippen LogP contribution in [0.15, 0.2) is 30.3 Å². The second-order valence-electron chi connectivity index (χ2n) is 6.80. The minimum atomic E-state index is -0.911. The van der Waals surface area contributed by atoms with Crippen molar-refractivity contribution in [2.45, 2.75) is 24.8 Å². The van der Waals surface area contributed by atoms with Crippen LogP contribution in [-0.2, 0) is 16.0 Å². The van der Waals surface area contributed by atoms with Gasteiger partial charge in [-0.15, -0.1) is 0 Å². The summed E-state index contributed by atoms with van der Waals surface area (Å²) in [4.78, 5) is 15.4. The summed E-state index contributed by atoms with van der Waals surface area (Å²) in [6.07, 6.45) is -0.512. The van der Waals surface area contributed by atoms with Crippen LogP contribution >= 0.6 is 0 Å². The van der Waals surface area contributed by atoms with Crippen LogP contribution in [0.1, 0.15) is 12.0 Å². The second-order valence-corrected chi connectivity index (χ2v) is 6.80. The van der Waals surface area contributed by atoms with Crippen molar-refractivity contribution in [1.29, 1.82) is 0 Å². The maximum absolute atomic E-state index is 11.6. The van der Waals surface area contributed by atoms with Crippen LogP contribution in [0.2, 0.25) is 0 Å². The topological polar surface area (TPSA) is 62.2 Å². The SMILES string of the molecule is O=C(O)N1CC2CN(Cc3ccccc3)CC3(C2)OCCOC13. The molecule has 124 valence electrons. The highest BCUT2D eigenvalue weighted by molar-refractivity contribution is 5.65. The molecule has 1 aromatic carbocycles. The monoisotopic (exact) mass is 318 g/mol. The van der Waals surface area contributed by atoms with E-state index in [1.54, 1.807) is 0 Å². The molecule has 23 heavy (non-hydrogen) atoms. The van der Waals surface area contributed by atoms with E-state index in [0.29, 0.717) is 32.2 Å². The van der Waals surface area contributed by atoms with Crippen molar-refractivity contribution in [3.63, 3.8) is 0 Å². The molecule has 0 aromatic heterocycles. The Morgan fingerprint density at radius 3 is 2.87 bits per heavy atom. The van der Waals surface area contributed by atoms with Gasteiger partial charge in [-0.05, 0) is 17.9 Å². The van der Waals surface area contributed by atoms with Gasteiger partial charge in [-0.3, -0.25) is 9.80 Å². The minimum Gasteiger partial charge on any atom is -0.465 e. The molecule has 0 radical (unpaired) electrons. The van der Waals surface area contributed by atoms with Crippen LogP contribution in [0.5, 0.6) is 0 Å². The Morgan fingerprint density at radius 2 is 2.09 bits per heavy atom. The molecule has 3 unspecified atom stereocenters. The fraction of sp³-hybridized carbons (Fsp3) is 0.588. The molecule has 6 heteroatoms. The van der Waals surface area contributed by atoms with Gasteiger partial charge >= 0.3 is 6.09 Å². The fourth-order valence-electron chi connectivity index (χ4n) is 4.35.